The third-order valence-electron chi connectivity index (χ3n) is 3.39. The molecule has 1 unspecified atom stereocenters. The molecular weight excluding hydrogens is 340 g/mol. The second-order valence-corrected chi connectivity index (χ2v) is 5.58. The van der Waals surface area contributed by atoms with Crippen LogP contribution in [0.5, 0.6) is 0 Å². The zero-order chi connectivity index (χ0) is 15.0. The Morgan fingerprint density at radius 1 is 1.14 bits per heavy atom. The first-order valence-corrected chi connectivity index (χ1v) is 7.15. The van der Waals surface area contributed by atoms with Crippen molar-refractivity contribution in [2.24, 2.45) is 10.7 Å². The molecule has 0 spiro atoms. The number of benzene rings is 2. The monoisotopic (exact) mass is 351 g/mol. The maximum atomic E-state index is 13.5. The van der Waals surface area contributed by atoms with Gasteiger partial charge in [-0.25, -0.2) is 8.78 Å². The van der Waals surface area contributed by atoms with Gasteiger partial charge in [0.2, 0.25) is 0 Å². The van der Waals surface area contributed by atoms with Crippen molar-refractivity contribution < 1.29 is 8.78 Å². The molecule has 0 amide bonds. The summed E-state index contributed by atoms with van der Waals surface area (Å²) in [6.07, 6.45) is 0. The Kier molecular flexibility index (Phi) is 3.63. The van der Waals surface area contributed by atoms with Gasteiger partial charge in [-0.15, -0.1) is 0 Å². The number of halogens is 3. The van der Waals surface area contributed by atoms with Crippen LogP contribution in [0.15, 0.2) is 51.9 Å². The first kappa shape index (κ1) is 14.0. The number of guanidine groups is 1. The summed E-state index contributed by atoms with van der Waals surface area (Å²) in [6.45, 7) is 0.393. The van der Waals surface area contributed by atoms with Gasteiger partial charge in [-0.3, -0.25) is 4.99 Å². The maximum Gasteiger partial charge on any atom is 0.196 e. The van der Waals surface area contributed by atoms with Gasteiger partial charge in [-0.05, 0) is 42.0 Å². The van der Waals surface area contributed by atoms with Crippen LogP contribution in [0.4, 0.5) is 14.5 Å². The summed E-state index contributed by atoms with van der Waals surface area (Å²) in [6, 6.07) is 10.3. The number of hydrogen-bond donors (Lipinski definition) is 1. The smallest absolute Gasteiger partial charge is 0.196 e. The summed E-state index contributed by atoms with van der Waals surface area (Å²) in [4.78, 5) is 5.92. The molecule has 0 aliphatic carbocycles. The minimum Gasteiger partial charge on any atom is -0.369 e. The lowest BCUT2D eigenvalue weighted by atomic mass is 10.1. The first-order chi connectivity index (χ1) is 10.1. The third kappa shape index (κ3) is 2.63. The Morgan fingerprint density at radius 3 is 2.67 bits per heavy atom. The van der Waals surface area contributed by atoms with Crippen LogP contribution in [0, 0.1) is 11.6 Å². The predicted molar refractivity (Wildman–Crippen MR) is 82.2 cm³/mol. The Labute approximate surface area is 129 Å². The van der Waals surface area contributed by atoms with Crippen molar-refractivity contribution in [2.45, 2.75) is 6.04 Å². The Hall–Kier alpha value is -1.95. The molecule has 2 aromatic rings. The van der Waals surface area contributed by atoms with E-state index in [4.69, 9.17) is 5.73 Å². The SMILES string of the molecule is NC1=NCC(c2cc(F)ccc2Br)N1c1cccc(F)c1. The van der Waals surface area contributed by atoms with E-state index in [-0.39, 0.29) is 17.7 Å². The highest BCUT2D eigenvalue weighted by atomic mass is 79.9. The normalized spacial score (nSPS) is 18.0. The van der Waals surface area contributed by atoms with Crippen LogP contribution in [0.1, 0.15) is 11.6 Å². The first-order valence-electron chi connectivity index (χ1n) is 6.36. The molecule has 0 radical (unpaired) electrons. The number of rotatable bonds is 2. The van der Waals surface area contributed by atoms with Gasteiger partial charge in [0.25, 0.3) is 0 Å². The molecule has 6 heteroatoms. The molecule has 21 heavy (non-hydrogen) atoms. The average molecular weight is 352 g/mol. The van der Waals surface area contributed by atoms with Crippen molar-refractivity contribution in [1.29, 1.82) is 0 Å². The summed E-state index contributed by atoms with van der Waals surface area (Å²) in [5.74, 6) is -0.399. The lowest BCUT2D eigenvalue weighted by molar-refractivity contribution is 0.619. The van der Waals surface area contributed by atoms with E-state index in [0.29, 0.717) is 18.2 Å². The largest absolute Gasteiger partial charge is 0.369 e. The number of aliphatic imine (C=N–C) groups is 1. The van der Waals surface area contributed by atoms with Crippen molar-refractivity contribution >= 4 is 27.6 Å². The highest BCUT2D eigenvalue weighted by Gasteiger charge is 2.30. The van der Waals surface area contributed by atoms with Crippen LogP contribution in [0.25, 0.3) is 0 Å². The fourth-order valence-corrected chi connectivity index (χ4v) is 2.95. The number of hydrogen-bond acceptors (Lipinski definition) is 3. The van der Waals surface area contributed by atoms with E-state index in [9.17, 15) is 8.78 Å². The van der Waals surface area contributed by atoms with Crippen LogP contribution in [-0.4, -0.2) is 12.5 Å². The Balaban J connectivity index is 2.05. The van der Waals surface area contributed by atoms with E-state index in [0.717, 1.165) is 10.0 Å². The molecule has 0 aromatic heterocycles. The summed E-state index contributed by atoms with van der Waals surface area (Å²) < 4.78 is 27.7. The van der Waals surface area contributed by atoms with Gasteiger partial charge in [-0.2, -0.15) is 0 Å². The van der Waals surface area contributed by atoms with E-state index in [1.54, 1.807) is 23.1 Å². The average Bonchev–Trinajstić information content (AvgIpc) is 2.83. The minimum atomic E-state index is -0.357. The highest BCUT2D eigenvalue weighted by molar-refractivity contribution is 9.10. The molecule has 108 valence electrons. The molecular formula is C15H12BrF2N3. The fraction of sp³-hybridized carbons (Fsp3) is 0.133. The fourth-order valence-electron chi connectivity index (χ4n) is 2.44. The van der Waals surface area contributed by atoms with Gasteiger partial charge in [-0.1, -0.05) is 22.0 Å². The molecule has 1 aliphatic heterocycles. The van der Waals surface area contributed by atoms with Crippen LogP contribution >= 0.6 is 15.9 Å². The van der Waals surface area contributed by atoms with E-state index >= 15 is 0 Å². The lowest BCUT2D eigenvalue weighted by Crippen LogP contribution is -2.36. The zero-order valence-electron chi connectivity index (χ0n) is 10.9. The van der Waals surface area contributed by atoms with Gasteiger partial charge >= 0.3 is 0 Å². The molecule has 3 rings (SSSR count). The van der Waals surface area contributed by atoms with Crippen LogP contribution in [0.3, 0.4) is 0 Å². The van der Waals surface area contributed by atoms with Gasteiger partial charge in [0.05, 0.1) is 12.6 Å². The standard InChI is InChI=1S/C15H12BrF2N3/c16-13-5-4-10(18)7-12(13)14-8-20-15(19)21(14)11-3-1-2-9(17)6-11/h1-7,14H,8H2,(H2,19,20). The van der Waals surface area contributed by atoms with Crippen molar-refractivity contribution in [1.82, 2.24) is 0 Å². The Bertz CT molecular complexity index is 718. The maximum absolute atomic E-state index is 13.5. The summed E-state index contributed by atoms with van der Waals surface area (Å²) in [5.41, 5.74) is 7.24. The quantitative estimate of drug-likeness (QED) is 0.897. The molecule has 0 bridgehead atoms. The van der Waals surface area contributed by atoms with Crippen molar-refractivity contribution in [3.8, 4) is 0 Å². The third-order valence-corrected chi connectivity index (χ3v) is 4.11. The molecule has 1 aliphatic rings. The van der Waals surface area contributed by atoms with E-state index in [1.165, 1.54) is 24.3 Å². The molecule has 2 N–H and O–H groups in total. The van der Waals surface area contributed by atoms with Gasteiger partial charge < -0.3 is 10.6 Å². The van der Waals surface area contributed by atoms with E-state index in [1.807, 2.05) is 0 Å². The second-order valence-electron chi connectivity index (χ2n) is 4.73. The van der Waals surface area contributed by atoms with Crippen molar-refractivity contribution in [2.75, 3.05) is 11.4 Å². The summed E-state index contributed by atoms with van der Waals surface area (Å²) >= 11 is 3.42. The van der Waals surface area contributed by atoms with Gasteiger partial charge in [0.15, 0.2) is 5.96 Å². The molecule has 1 heterocycles. The van der Waals surface area contributed by atoms with Crippen molar-refractivity contribution in [3.63, 3.8) is 0 Å². The summed E-state index contributed by atoms with van der Waals surface area (Å²) in [7, 11) is 0. The lowest BCUT2D eigenvalue weighted by Gasteiger charge is -2.27. The van der Waals surface area contributed by atoms with Gasteiger partial charge in [0.1, 0.15) is 11.6 Å². The zero-order valence-corrected chi connectivity index (χ0v) is 12.5. The molecule has 2 aromatic carbocycles. The molecule has 0 saturated carbocycles. The van der Waals surface area contributed by atoms with E-state index < -0.39 is 0 Å². The van der Waals surface area contributed by atoms with Gasteiger partial charge in [0, 0.05) is 10.2 Å². The topological polar surface area (TPSA) is 41.6 Å². The molecule has 0 saturated heterocycles. The van der Waals surface area contributed by atoms with Crippen LogP contribution < -0.4 is 10.6 Å². The Morgan fingerprint density at radius 2 is 1.90 bits per heavy atom. The molecule has 1 atom stereocenters. The van der Waals surface area contributed by atoms with E-state index in [2.05, 4.69) is 20.9 Å². The highest BCUT2D eigenvalue weighted by Crippen LogP contribution is 2.35. The minimum absolute atomic E-state index is 0.267. The summed E-state index contributed by atoms with van der Waals surface area (Å²) in [5, 5.41) is 0. The van der Waals surface area contributed by atoms with Crippen LogP contribution in [-0.2, 0) is 0 Å². The van der Waals surface area contributed by atoms with Crippen molar-refractivity contribution in [3.05, 3.63) is 64.1 Å². The number of anilines is 1. The molecule has 0 fully saturated rings. The van der Waals surface area contributed by atoms with Crippen LogP contribution in [0.2, 0.25) is 0 Å². The number of nitrogens with two attached hydrogens (primary N) is 1. The number of nitrogens with zero attached hydrogens (tertiary/aromatic N) is 2. The second kappa shape index (κ2) is 5.44. The molecule has 3 nitrogen and oxygen atoms in total. The predicted octanol–water partition coefficient (Wildman–Crippen LogP) is 3.60.